The molecule has 0 spiro atoms. The normalized spacial score (nSPS) is 18.9. The van der Waals surface area contributed by atoms with Gasteiger partial charge < -0.3 is 5.73 Å². The Labute approximate surface area is 107 Å². The SMILES string of the molecule is NC(c1cccc2nccnc12)C1CCCCC1. The molecule has 0 saturated heterocycles. The van der Waals surface area contributed by atoms with Crippen LogP contribution >= 0.6 is 0 Å². The predicted octanol–water partition coefficient (Wildman–Crippen LogP) is 3.21. The van der Waals surface area contributed by atoms with Crippen LogP contribution in [-0.4, -0.2) is 9.97 Å². The standard InChI is InChI=1S/C15H19N3/c16-14(11-5-2-1-3-6-11)12-7-4-8-13-15(12)18-10-9-17-13/h4,7-11,14H,1-3,5-6,16H2. The molecule has 0 bridgehead atoms. The predicted molar refractivity (Wildman–Crippen MR) is 73.0 cm³/mol. The third-order valence-electron chi connectivity index (χ3n) is 4.05. The third kappa shape index (κ3) is 2.10. The van der Waals surface area contributed by atoms with Gasteiger partial charge in [-0.3, -0.25) is 9.97 Å². The highest BCUT2D eigenvalue weighted by atomic mass is 14.8. The quantitative estimate of drug-likeness (QED) is 0.878. The minimum absolute atomic E-state index is 0.102. The average Bonchev–Trinajstić information content (AvgIpc) is 2.47. The van der Waals surface area contributed by atoms with E-state index in [9.17, 15) is 0 Å². The fourth-order valence-electron chi connectivity index (χ4n) is 3.03. The molecule has 1 aliphatic rings. The van der Waals surface area contributed by atoms with Gasteiger partial charge in [-0.05, 0) is 30.4 Å². The van der Waals surface area contributed by atoms with Crippen LogP contribution in [0.5, 0.6) is 0 Å². The summed E-state index contributed by atoms with van der Waals surface area (Å²) in [7, 11) is 0. The van der Waals surface area contributed by atoms with Crippen molar-refractivity contribution < 1.29 is 0 Å². The molecule has 1 aromatic carbocycles. The lowest BCUT2D eigenvalue weighted by atomic mass is 9.81. The summed E-state index contributed by atoms with van der Waals surface area (Å²) in [4.78, 5) is 8.81. The van der Waals surface area contributed by atoms with Gasteiger partial charge in [0.25, 0.3) is 0 Å². The van der Waals surface area contributed by atoms with Crippen molar-refractivity contribution in [2.75, 3.05) is 0 Å². The Bertz CT molecular complexity index is 527. The first-order valence-electron chi connectivity index (χ1n) is 6.81. The number of aromatic nitrogens is 2. The fourth-order valence-corrected chi connectivity index (χ4v) is 3.03. The number of hydrogen-bond donors (Lipinski definition) is 1. The number of nitrogens with zero attached hydrogens (tertiary/aromatic N) is 2. The number of benzene rings is 1. The summed E-state index contributed by atoms with van der Waals surface area (Å²) < 4.78 is 0. The Kier molecular flexibility index (Phi) is 3.24. The molecule has 1 aromatic heterocycles. The number of para-hydroxylation sites is 1. The smallest absolute Gasteiger partial charge is 0.0934 e. The zero-order valence-electron chi connectivity index (χ0n) is 10.5. The van der Waals surface area contributed by atoms with Crippen LogP contribution in [0.3, 0.4) is 0 Å². The van der Waals surface area contributed by atoms with Crippen molar-refractivity contribution in [2.45, 2.75) is 38.1 Å². The molecule has 3 nitrogen and oxygen atoms in total. The maximum atomic E-state index is 6.47. The van der Waals surface area contributed by atoms with Crippen LogP contribution < -0.4 is 5.73 Å². The van der Waals surface area contributed by atoms with Crippen molar-refractivity contribution in [3.8, 4) is 0 Å². The second-order valence-electron chi connectivity index (χ2n) is 5.20. The lowest BCUT2D eigenvalue weighted by Crippen LogP contribution is -2.24. The van der Waals surface area contributed by atoms with E-state index < -0.39 is 0 Å². The summed E-state index contributed by atoms with van der Waals surface area (Å²) in [5.41, 5.74) is 9.54. The van der Waals surface area contributed by atoms with Gasteiger partial charge in [0.05, 0.1) is 11.0 Å². The Morgan fingerprint density at radius 2 is 1.83 bits per heavy atom. The molecule has 2 N–H and O–H groups in total. The van der Waals surface area contributed by atoms with Gasteiger partial charge in [-0.2, -0.15) is 0 Å². The number of hydrogen-bond acceptors (Lipinski definition) is 3. The van der Waals surface area contributed by atoms with Crippen LogP contribution in [0, 0.1) is 5.92 Å². The molecular formula is C15H19N3. The highest BCUT2D eigenvalue weighted by Gasteiger charge is 2.23. The molecule has 0 aliphatic heterocycles. The monoisotopic (exact) mass is 241 g/mol. The van der Waals surface area contributed by atoms with Crippen LogP contribution in [0.4, 0.5) is 0 Å². The Morgan fingerprint density at radius 3 is 2.67 bits per heavy atom. The number of rotatable bonds is 2. The molecule has 94 valence electrons. The van der Waals surface area contributed by atoms with E-state index in [-0.39, 0.29) is 6.04 Å². The highest BCUT2D eigenvalue weighted by molar-refractivity contribution is 5.78. The maximum absolute atomic E-state index is 6.47. The van der Waals surface area contributed by atoms with E-state index in [1.807, 2.05) is 12.1 Å². The van der Waals surface area contributed by atoms with Gasteiger partial charge in [0, 0.05) is 18.4 Å². The fraction of sp³-hybridized carbons (Fsp3) is 0.467. The first-order valence-corrected chi connectivity index (χ1v) is 6.81. The minimum Gasteiger partial charge on any atom is -0.324 e. The van der Waals surface area contributed by atoms with Gasteiger partial charge in [0.2, 0.25) is 0 Å². The number of fused-ring (bicyclic) bond motifs is 1. The Hall–Kier alpha value is -1.48. The molecule has 0 radical (unpaired) electrons. The topological polar surface area (TPSA) is 51.8 Å². The van der Waals surface area contributed by atoms with Crippen molar-refractivity contribution >= 4 is 11.0 Å². The van der Waals surface area contributed by atoms with Gasteiger partial charge in [-0.25, -0.2) is 0 Å². The van der Waals surface area contributed by atoms with Gasteiger partial charge in [-0.1, -0.05) is 31.4 Å². The van der Waals surface area contributed by atoms with Gasteiger partial charge in [-0.15, -0.1) is 0 Å². The Morgan fingerprint density at radius 1 is 1.06 bits per heavy atom. The molecule has 3 rings (SSSR count). The first kappa shape index (κ1) is 11.6. The molecule has 18 heavy (non-hydrogen) atoms. The third-order valence-corrected chi connectivity index (χ3v) is 4.05. The molecule has 3 heteroatoms. The van der Waals surface area contributed by atoms with E-state index in [1.165, 1.54) is 32.1 Å². The molecule has 0 amide bonds. The van der Waals surface area contributed by atoms with Crippen molar-refractivity contribution in [2.24, 2.45) is 11.7 Å². The van der Waals surface area contributed by atoms with E-state index in [2.05, 4.69) is 16.0 Å². The van der Waals surface area contributed by atoms with Crippen molar-refractivity contribution in [3.63, 3.8) is 0 Å². The second kappa shape index (κ2) is 5.02. The minimum atomic E-state index is 0.102. The van der Waals surface area contributed by atoms with Crippen LogP contribution in [0.2, 0.25) is 0 Å². The maximum Gasteiger partial charge on any atom is 0.0934 e. The summed E-state index contributed by atoms with van der Waals surface area (Å²) in [6.07, 6.45) is 9.97. The molecular weight excluding hydrogens is 222 g/mol. The van der Waals surface area contributed by atoms with Crippen LogP contribution in [-0.2, 0) is 0 Å². The molecule has 1 saturated carbocycles. The molecule has 2 aromatic rings. The Balaban J connectivity index is 1.97. The average molecular weight is 241 g/mol. The summed E-state index contributed by atoms with van der Waals surface area (Å²) in [6.45, 7) is 0. The van der Waals surface area contributed by atoms with Crippen molar-refractivity contribution in [3.05, 3.63) is 36.2 Å². The number of nitrogens with two attached hydrogens (primary N) is 1. The highest BCUT2D eigenvalue weighted by Crippen LogP contribution is 2.34. The molecule has 1 fully saturated rings. The largest absolute Gasteiger partial charge is 0.324 e. The van der Waals surface area contributed by atoms with Crippen LogP contribution in [0.25, 0.3) is 11.0 Å². The van der Waals surface area contributed by atoms with E-state index in [0.717, 1.165) is 16.6 Å². The lowest BCUT2D eigenvalue weighted by molar-refractivity contribution is 0.309. The van der Waals surface area contributed by atoms with E-state index in [4.69, 9.17) is 5.73 Å². The van der Waals surface area contributed by atoms with Gasteiger partial charge >= 0.3 is 0 Å². The molecule has 1 atom stereocenters. The van der Waals surface area contributed by atoms with Crippen molar-refractivity contribution in [1.82, 2.24) is 9.97 Å². The lowest BCUT2D eigenvalue weighted by Gasteiger charge is -2.28. The molecule has 1 unspecified atom stereocenters. The van der Waals surface area contributed by atoms with Crippen LogP contribution in [0.15, 0.2) is 30.6 Å². The summed E-state index contributed by atoms with van der Waals surface area (Å²) in [5, 5.41) is 0. The second-order valence-corrected chi connectivity index (χ2v) is 5.20. The summed E-state index contributed by atoms with van der Waals surface area (Å²) in [6, 6.07) is 6.25. The zero-order chi connectivity index (χ0) is 12.4. The van der Waals surface area contributed by atoms with E-state index >= 15 is 0 Å². The molecule has 1 heterocycles. The summed E-state index contributed by atoms with van der Waals surface area (Å²) >= 11 is 0. The zero-order valence-corrected chi connectivity index (χ0v) is 10.5. The van der Waals surface area contributed by atoms with Gasteiger partial charge in [0.15, 0.2) is 0 Å². The first-order chi connectivity index (χ1) is 8.86. The van der Waals surface area contributed by atoms with E-state index in [0.29, 0.717) is 5.92 Å². The van der Waals surface area contributed by atoms with Crippen LogP contribution in [0.1, 0.15) is 43.7 Å². The summed E-state index contributed by atoms with van der Waals surface area (Å²) in [5.74, 6) is 0.603. The molecule has 1 aliphatic carbocycles. The van der Waals surface area contributed by atoms with Gasteiger partial charge in [0.1, 0.15) is 0 Å². The van der Waals surface area contributed by atoms with E-state index in [1.54, 1.807) is 12.4 Å². The van der Waals surface area contributed by atoms with Crippen molar-refractivity contribution in [1.29, 1.82) is 0 Å².